The third-order valence-electron chi connectivity index (χ3n) is 3.51. The molecule has 0 atom stereocenters. The van der Waals surface area contributed by atoms with Crippen LogP contribution < -0.4 is 5.73 Å². The maximum absolute atomic E-state index is 6.17. The van der Waals surface area contributed by atoms with Gasteiger partial charge in [-0.05, 0) is 39.8 Å². The number of nitrogens with two attached hydrogens (primary N) is 1. The molecular weight excluding hydrogens is 236 g/mol. The quantitative estimate of drug-likeness (QED) is 0.890. The summed E-state index contributed by atoms with van der Waals surface area (Å²) in [4.78, 5) is 4.48. The second-order valence-corrected chi connectivity index (χ2v) is 5.86. The minimum absolute atomic E-state index is 0.366. The average molecular weight is 253 g/mol. The molecule has 0 unspecified atom stereocenters. The number of halogens is 1. The van der Waals surface area contributed by atoms with Gasteiger partial charge in [-0.2, -0.15) is 0 Å². The Bertz CT molecular complexity index is 552. The van der Waals surface area contributed by atoms with Crippen LogP contribution in [0, 0.1) is 0 Å². The first-order chi connectivity index (χ1) is 7.73. The molecule has 0 aliphatic heterocycles. The fourth-order valence-corrected chi connectivity index (χ4v) is 1.67. The largest absolute Gasteiger partial charge is 0.438 e. The predicted molar refractivity (Wildman–Crippen MR) is 70.3 cm³/mol. The normalized spacial score (nSPS) is 13.3. The molecule has 1 aromatic heterocycles. The third-order valence-corrected chi connectivity index (χ3v) is 3.81. The highest BCUT2D eigenvalue weighted by atomic mass is 35.5. The Balaban J connectivity index is 2.62. The average Bonchev–Trinajstić information content (AvgIpc) is 2.61. The number of oxazole rings is 1. The zero-order valence-corrected chi connectivity index (χ0v) is 11.3. The number of hydrogen-bond acceptors (Lipinski definition) is 3. The van der Waals surface area contributed by atoms with Crippen LogP contribution in [0.4, 0.5) is 0 Å². The van der Waals surface area contributed by atoms with E-state index in [1.165, 1.54) is 0 Å². The Hall–Kier alpha value is -1.06. The van der Waals surface area contributed by atoms with Gasteiger partial charge < -0.3 is 10.2 Å². The van der Waals surface area contributed by atoms with Crippen molar-refractivity contribution in [1.29, 1.82) is 0 Å². The number of benzene rings is 1. The van der Waals surface area contributed by atoms with Crippen LogP contribution in [0.5, 0.6) is 0 Å². The molecule has 1 heterocycles. The number of fused-ring (bicyclic) bond motifs is 1. The zero-order valence-electron chi connectivity index (χ0n) is 10.5. The summed E-state index contributed by atoms with van der Waals surface area (Å²) in [7, 11) is 0. The summed E-state index contributed by atoms with van der Waals surface area (Å²) in [5.74, 6) is 0.619. The van der Waals surface area contributed by atoms with Crippen LogP contribution in [0.15, 0.2) is 22.6 Å². The maximum Gasteiger partial charge on any atom is 0.203 e. The van der Waals surface area contributed by atoms with E-state index in [1.807, 2.05) is 39.8 Å². The van der Waals surface area contributed by atoms with Crippen LogP contribution in [0.2, 0.25) is 5.02 Å². The van der Waals surface area contributed by atoms with E-state index in [-0.39, 0.29) is 5.41 Å². The molecule has 17 heavy (non-hydrogen) atoms. The lowest BCUT2D eigenvalue weighted by atomic mass is 9.75. The van der Waals surface area contributed by atoms with Crippen LogP contribution in [0.1, 0.15) is 33.6 Å². The Morgan fingerprint density at radius 1 is 1.24 bits per heavy atom. The van der Waals surface area contributed by atoms with E-state index in [0.29, 0.717) is 16.5 Å². The Kier molecular flexibility index (Phi) is 2.71. The maximum atomic E-state index is 6.17. The van der Waals surface area contributed by atoms with Crippen molar-refractivity contribution >= 4 is 22.7 Å². The molecular formula is C13H17ClN2O. The molecule has 2 aromatic rings. The molecule has 4 heteroatoms. The van der Waals surface area contributed by atoms with E-state index in [1.54, 1.807) is 6.07 Å². The minimum Gasteiger partial charge on any atom is -0.438 e. The Morgan fingerprint density at radius 3 is 2.41 bits per heavy atom. The first-order valence-electron chi connectivity index (χ1n) is 5.58. The van der Waals surface area contributed by atoms with E-state index in [9.17, 15) is 0 Å². The van der Waals surface area contributed by atoms with Gasteiger partial charge >= 0.3 is 0 Å². The number of para-hydroxylation sites is 1. The monoisotopic (exact) mass is 252 g/mol. The summed E-state index contributed by atoms with van der Waals surface area (Å²) in [5.41, 5.74) is 6.77. The van der Waals surface area contributed by atoms with Crippen molar-refractivity contribution in [2.24, 2.45) is 5.73 Å². The molecule has 0 aliphatic rings. The molecule has 0 aliphatic carbocycles. The van der Waals surface area contributed by atoms with Gasteiger partial charge in [-0.1, -0.05) is 17.7 Å². The highest BCUT2D eigenvalue weighted by Crippen LogP contribution is 2.35. The lowest BCUT2D eigenvalue weighted by Crippen LogP contribution is -2.50. The molecule has 3 nitrogen and oxygen atoms in total. The summed E-state index contributed by atoms with van der Waals surface area (Å²) in [6.07, 6.45) is 0. The molecule has 0 saturated heterocycles. The van der Waals surface area contributed by atoms with Gasteiger partial charge in [0.05, 0.1) is 10.4 Å². The van der Waals surface area contributed by atoms with E-state index >= 15 is 0 Å². The zero-order chi connectivity index (χ0) is 12.8. The number of rotatable bonds is 2. The lowest BCUT2D eigenvalue weighted by Gasteiger charge is -2.35. The van der Waals surface area contributed by atoms with Gasteiger partial charge in [0, 0.05) is 5.54 Å². The smallest absolute Gasteiger partial charge is 0.203 e. The topological polar surface area (TPSA) is 52.0 Å². The molecule has 0 fully saturated rings. The molecule has 92 valence electrons. The predicted octanol–water partition coefficient (Wildman–Crippen LogP) is 3.50. The molecule has 0 radical (unpaired) electrons. The second kappa shape index (κ2) is 3.72. The summed E-state index contributed by atoms with van der Waals surface area (Å²) >= 11 is 6.07. The van der Waals surface area contributed by atoms with E-state index in [4.69, 9.17) is 21.8 Å². The van der Waals surface area contributed by atoms with Crippen molar-refractivity contribution in [2.75, 3.05) is 0 Å². The van der Waals surface area contributed by atoms with Gasteiger partial charge in [0.1, 0.15) is 5.52 Å². The van der Waals surface area contributed by atoms with Crippen LogP contribution in [-0.2, 0) is 5.41 Å². The van der Waals surface area contributed by atoms with Gasteiger partial charge in [0.2, 0.25) is 5.89 Å². The second-order valence-electron chi connectivity index (χ2n) is 5.45. The van der Waals surface area contributed by atoms with Crippen molar-refractivity contribution in [3.8, 4) is 0 Å². The van der Waals surface area contributed by atoms with Gasteiger partial charge in [-0.3, -0.25) is 0 Å². The molecule has 0 saturated carbocycles. The van der Waals surface area contributed by atoms with E-state index in [2.05, 4.69) is 4.98 Å². The lowest BCUT2D eigenvalue weighted by molar-refractivity contribution is 0.251. The summed E-state index contributed by atoms with van der Waals surface area (Å²) in [6.45, 7) is 7.96. The van der Waals surface area contributed by atoms with Crippen LogP contribution in [0.25, 0.3) is 11.1 Å². The molecule has 0 spiro atoms. The highest BCUT2D eigenvalue weighted by Gasteiger charge is 2.39. The molecule has 1 aromatic carbocycles. The fourth-order valence-electron chi connectivity index (χ4n) is 1.46. The van der Waals surface area contributed by atoms with Gasteiger partial charge in [0.25, 0.3) is 0 Å². The van der Waals surface area contributed by atoms with Crippen molar-refractivity contribution in [3.05, 3.63) is 29.1 Å². The van der Waals surface area contributed by atoms with Crippen LogP contribution in [-0.4, -0.2) is 10.5 Å². The van der Waals surface area contributed by atoms with E-state index < -0.39 is 5.54 Å². The number of nitrogens with zero attached hydrogens (tertiary/aromatic N) is 1. The molecule has 0 amide bonds. The highest BCUT2D eigenvalue weighted by molar-refractivity contribution is 6.34. The first-order valence-corrected chi connectivity index (χ1v) is 5.96. The standard InChI is InChI=1S/C13H17ClN2O/c1-12(2,13(3,4)15)11-16-9-7-5-6-8(14)10(9)17-11/h5-7H,15H2,1-4H3. The number of aromatic nitrogens is 1. The van der Waals surface area contributed by atoms with Crippen molar-refractivity contribution in [3.63, 3.8) is 0 Å². The molecule has 2 N–H and O–H groups in total. The number of hydrogen-bond donors (Lipinski definition) is 1. The Labute approximate surface area is 106 Å². The molecule has 0 bridgehead atoms. The van der Waals surface area contributed by atoms with Gasteiger partial charge in [-0.25, -0.2) is 4.98 Å². The Morgan fingerprint density at radius 2 is 1.88 bits per heavy atom. The van der Waals surface area contributed by atoms with Crippen molar-refractivity contribution in [1.82, 2.24) is 4.98 Å². The van der Waals surface area contributed by atoms with Gasteiger partial charge in [-0.15, -0.1) is 0 Å². The van der Waals surface area contributed by atoms with Crippen LogP contribution >= 0.6 is 11.6 Å². The summed E-state index contributed by atoms with van der Waals surface area (Å²) in [5, 5.41) is 0.576. The first kappa shape index (κ1) is 12.4. The minimum atomic E-state index is -0.430. The fraction of sp³-hybridized carbons (Fsp3) is 0.462. The SMILES string of the molecule is CC(C)(N)C(C)(C)c1nc2cccc(Cl)c2o1. The van der Waals surface area contributed by atoms with Crippen LogP contribution in [0.3, 0.4) is 0 Å². The van der Waals surface area contributed by atoms with Crippen molar-refractivity contribution in [2.45, 2.75) is 38.6 Å². The third kappa shape index (κ3) is 1.94. The van der Waals surface area contributed by atoms with Crippen molar-refractivity contribution < 1.29 is 4.42 Å². The van der Waals surface area contributed by atoms with E-state index in [0.717, 1.165) is 5.52 Å². The van der Waals surface area contributed by atoms with Gasteiger partial charge in [0.15, 0.2) is 5.58 Å². The summed E-state index contributed by atoms with van der Waals surface area (Å²) < 4.78 is 5.77. The molecule has 2 rings (SSSR count). The summed E-state index contributed by atoms with van der Waals surface area (Å²) in [6, 6.07) is 5.53.